The zero-order chi connectivity index (χ0) is 20.1. The number of carbonyl (C=O) groups is 3. The van der Waals surface area contributed by atoms with E-state index in [1.807, 2.05) is 54.0 Å². The van der Waals surface area contributed by atoms with Gasteiger partial charge in [-0.3, -0.25) is 14.4 Å². The molecule has 1 aromatic rings. The van der Waals surface area contributed by atoms with E-state index in [4.69, 9.17) is 0 Å². The number of hydrogen-bond acceptors (Lipinski definition) is 3. The smallest absolute Gasteiger partial charge is 0.228 e. The number of nitrogens with zero attached hydrogens (tertiary/aromatic N) is 3. The van der Waals surface area contributed by atoms with Crippen LogP contribution in [0.25, 0.3) is 0 Å². The van der Waals surface area contributed by atoms with Crippen LogP contribution in [0.3, 0.4) is 0 Å². The number of amides is 3. The minimum absolute atomic E-state index is 0.0470. The van der Waals surface area contributed by atoms with E-state index >= 15 is 0 Å². The molecule has 2 fully saturated rings. The molecule has 2 saturated heterocycles. The first-order valence-corrected chi connectivity index (χ1v) is 10.3. The summed E-state index contributed by atoms with van der Waals surface area (Å²) in [6.07, 6.45) is 1.64. The molecule has 1 aromatic carbocycles. The van der Waals surface area contributed by atoms with Crippen molar-refractivity contribution in [3.63, 3.8) is 0 Å². The van der Waals surface area contributed by atoms with E-state index in [1.165, 1.54) is 0 Å². The van der Waals surface area contributed by atoms with Gasteiger partial charge >= 0.3 is 0 Å². The minimum Gasteiger partial charge on any atom is -0.341 e. The standard InChI is InChI=1S/C22H31N3O3/c1-17(2)13-20(26)23-9-6-10-24(12-11-23)22(28)19-14-21(27)25(16-19)15-18-7-4-3-5-8-18/h3-5,7-8,17,19H,6,9-16H2,1-2H3. The van der Waals surface area contributed by atoms with Crippen molar-refractivity contribution >= 4 is 17.7 Å². The topological polar surface area (TPSA) is 60.9 Å². The van der Waals surface area contributed by atoms with Gasteiger partial charge in [0.15, 0.2) is 0 Å². The van der Waals surface area contributed by atoms with Crippen molar-refractivity contribution in [1.82, 2.24) is 14.7 Å². The lowest BCUT2D eigenvalue weighted by atomic mass is 10.1. The van der Waals surface area contributed by atoms with Crippen molar-refractivity contribution in [2.24, 2.45) is 11.8 Å². The average molecular weight is 386 g/mol. The first kappa shape index (κ1) is 20.4. The maximum absolute atomic E-state index is 13.0. The SMILES string of the molecule is CC(C)CC(=O)N1CCCN(C(=O)C2CC(=O)N(Cc3ccccc3)C2)CC1. The van der Waals surface area contributed by atoms with Crippen molar-refractivity contribution in [3.05, 3.63) is 35.9 Å². The van der Waals surface area contributed by atoms with Crippen LogP contribution >= 0.6 is 0 Å². The zero-order valence-electron chi connectivity index (χ0n) is 17.0. The first-order valence-electron chi connectivity index (χ1n) is 10.3. The van der Waals surface area contributed by atoms with Crippen LogP contribution in [0.5, 0.6) is 0 Å². The lowest BCUT2D eigenvalue weighted by Crippen LogP contribution is -2.40. The number of likely N-dealkylation sites (tertiary alicyclic amines) is 1. The molecule has 2 aliphatic rings. The zero-order valence-corrected chi connectivity index (χ0v) is 17.0. The molecule has 6 heteroatoms. The second-order valence-electron chi connectivity index (χ2n) is 8.32. The van der Waals surface area contributed by atoms with Crippen LogP contribution in [-0.4, -0.2) is 65.1 Å². The molecule has 0 saturated carbocycles. The highest BCUT2D eigenvalue weighted by atomic mass is 16.2. The summed E-state index contributed by atoms with van der Waals surface area (Å²) >= 11 is 0. The monoisotopic (exact) mass is 385 g/mol. The van der Waals surface area contributed by atoms with Gasteiger partial charge in [-0.1, -0.05) is 44.2 Å². The average Bonchev–Trinajstić information content (AvgIpc) is 2.88. The Kier molecular flexibility index (Phi) is 6.70. The highest BCUT2D eigenvalue weighted by Crippen LogP contribution is 2.23. The van der Waals surface area contributed by atoms with Crippen molar-refractivity contribution in [2.75, 3.05) is 32.7 Å². The van der Waals surface area contributed by atoms with Gasteiger partial charge in [-0.25, -0.2) is 0 Å². The van der Waals surface area contributed by atoms with Gasteiger partial charge in [-0.05, 0) is 17.9 Å². The molecule has 28 heavy (non-hydrogen) atoms. The van der Waals surface area contributed by atoms with E-state index in [2.05, 4.69) is 0 Å². The molecule has 0 bridgehead atoms. The molecule has 0 spiro atoms. The van der Waals surface area contributed by atoms with E-state index in [-0.39, 0.29) is 30.1 Å². The van der Waals surface area contributed by atoms with Crippen molar-refractivity contribution < 1.29 is 14.4 Å². The summed E-state index contributed by atoms with van der Waals surface area (Å²) in [5.41, 5.74) is 1.08. The van der Waals surface area contributed by atoms with Crippen LogP contribution in [0.1, 0.15) is 38.7 Å². The molecule has 0 aromatic heterocycles. The van der Waals surface area contributed by atoms with Gasteiger partial charge in [0.1, 0.15) is 0 Å². The third-order valence-electron chi connectivity index (χ3n) is 5.52. The Morgan fingerprint density at radius 2 is 1.71 bits per heavy atom. The molecular formula is C22H31N3O3. The van der Waals surface area contributed by atoms with E-state index in [0.29, 0.717) is 51.6 Å². The first-order chi connectivity index (χ1) is 13.4. The third kappa shape index (κ3) is 5.12. The third-order valence-corrected chi connectivity index (χ3v) is 5.52. The fraction of sp³-hybridized carbons (Fsp3) is 0.591. The quantitative estimate of drug-likeness (QED) is 0.780. The minimum atomic E-state index is -0.269. The van der Waals surface area contributed by atoms with Crippen LogP contribution in [0.2, 0.25) is 0 Å². The van der Waals surface area contributed by atoms with E-state index < -0.39 is 0 Å². The summed E-state index contributed by atoms with van der Waals surface area (Å²) in [4.78, 5) is 43.2. The molecule has 0 radical (unpaired) electrons. The molecular weight excluding hydrogens is 354 g/mol. The van der Waals surface area contributed by atoms with Crippen LogP contribution < -0.4 is 0 Å². The predicted octanol–water partition coefficient (Wildman–Crippen LogP) is 2.14. The Balaban J connectivity index is 1.54. The normalized spacial score (nSPS) is 20.6. The summed E-state index contributed by atoms with van der Waals surface area (Å²) < 4.78 is 0. The van der Waals surface area contributed by atoms with Crippen LogP contribution in [0.4, 0.5) is 0 Å². The van der Waals surface area contributed by atoms with Gasteiger partial charge in [-0.15, -0.1) is 0 Å². The molecule has 1 unspecified atom stereocenters. The highest BCUT2D eigenvalue weighted by molar-refractivity contribution is 5.89. The number of rotatable bonds is 5. The predicted molar refractivity (Wildman–Crippen MR) is 107 cm³/mol. The van der Waals surface area contributed by atoms with Gasteiger partial charge in [-0.2, -0.15) is 0 Å². The van der Waals surface area contributed by atoms with Crippen LogP contribution in [0, 0.1) is 11.8 Å². The number of hydrogen-bond donors (Lipinski definition) is 0. The molecule has 0 aliphatic carbocycles. The molecule has 3 rings (SSSR count). The molecule has 152 valence electrons. The molecule has 2 heterocycles. The Labute approximate surface area is 167 Å². The van der Waals surface area contributed by atoms with E-state index in [1.54, 1.807) is 4.90 Å². The molecule has 6 nitrogen and oxygen atoms in total. The summed E-state index contributed by atoms with van der Waals surface area (Å²) in [6, 6.07) is 9.88. The summed E-state index contributed by atoms with van der Waals surface area (Å²) in [5, 5.41) is 0. The van der Waals surface area contributed by atoms with E-state index in [9.17, 15) is 14.4 Å². The van der Waals surface area contributed by atoms with Gasteiger partial charge < -0.3 is 14.7 Å². The van der Waals surface area contributed by atoms with Crippen LogP contribution in [0.15, 0.2) is 30.3 Å². The van der Waals surface area contributed by atoms with Gasteiger partial charge in [0.25, 0.3) is 0 Å². The van der Waals surface area contributed by atoms with Crippen molar-refractivity contribution in [2.45, 2.75) is 39.7 Å². The van der Waals surface area contributed by atoms with Crippen molar-refractivity contribution in [3.8, 4) is 0 Å². The molecule has 1 atom stereocenters. The van der Waals surface area contributed by atoms with Crippen molar-refractivity contribution in [1.29, 1.82) is 0 Å². The summed E-state index contributed by atoms with van der Waals surface area (Å²) in [6.45, 7) is 7.65. The Morgan fingerprint density at radius 1 is 1.04 bits per heavy atom. The maximum Gasteiger partial charge on any atom is 0.228 e. The highest BCUT2D eigenvalue weighted by Gasteiger charge is 2.37. The van der Waals surface area contributed by atoms with Gasteiger partial charge in [0.2, 0.25) is 17.7 Å². The molecule has 0 N–H and O–H groups in total. The summed E-state index contributed by atoms with van der Waals surface area (Å²) in [7, 11) is 0. The van der Waals surface area contributed by atoms with Gasteiger partial charge in [0, 0.05) is 52.1 Å². The van der Waals surface area contributed by atoms with Crippen LogP contribution in [-0.2, 0) is 20.9 Å². The van der Waals surface area contributed by atoms with Gasteiger partial charge in [0.05, 0.1) is 5.92 Å². The Bertz CT molecular complexity index is 704. The fourth-order valence-electron chi connectivity index (χ4n) is 4.02. The second-order valence-corrected chi connectivity index (χ2v) is 8.32. The number of carbonyl (C=O) groups excluding carboxylic acids is 3. The molecule has 3 amide bonds. The molecule has 2 aliphatic heterocycles. The lowest BCUT2D eigenvalue weighted by molar-refractivity contribution is -0.136. The van der Waals surface area contributed by atoms with E-state index in [0.717, 1.165) is 12.0 Å². The Hall–Kier alpha value is -2.37. The largest absolute Gasteiger partial charge is 0.341 e. The maximum atomic E-state index is 13.0. The fourth-order valence-corrected chi connectivity index (χ4v) is 4.02. The second kappa shape index (κ2) is 9.22. The lowest BCUT2D eigenvalue weighted by Gasteiger charge is -2.25. The Morgan fingerprint density at radius 3 is 2.43 bits per heavy atom. The number of benzene rings is 1. The summed E-state index contributed by atoms with van der Waals surface area (Å²) in [5.74, 6) is 0.352.